The highest BCUT2D eigenvalue weighted by Crippen LogP contribution is 2.52. The molecule has 4 nitrogen and oxygen atoms in total. The molecule has 9 aromatic rings. The van der Waals surface area contributed by atoms with Gasteiger partial charge in [0.15, 0.2) is 17.5 Å². The molecule has 0 N–H and O–H groups in total. The van der Waals surface area contributed by atoms with E-state index in [-0.39, 0.29) is 10.8 Å². The SMILES string of the molecule is CC1(C)c2ccccc2-c2ccc(-c3nc(-c4ccc5c(c4)oc4cccc(-c6ccccc6)c45)nc(-c4cccc5c4-c4ccccc4C5(C)C)n3)cc21. The second-order valence-electron chi connectivity index (χ2n) is 16.0. The second-order valence-corrected chi connectivity index (χ2v) is 16.0. The minimum atomic E-state index is -0.152. The van der Waals surface area contributed by atoms with Crippen LogP contribution in [-0.4, -0.2) is 15.0 Å². The van der Waals surface area contributed by atoms with Gasteiger partial charge in [-0.3, -0.25) is 0 Å². The lowest BCUT2D eigenvalue weighted by atomic mass is 9.82. The van der Waals surface area contributed by atoms with Crippen molar-refractivity contribution in [3.8, 4) is 67.5 Å². The molecular weight excluding hydrogens is 671 g/mol. The first-order chi connectivity index (χ1) is 26.8. The monoisotopic (exact) mass is 707 g/mol. The zero-order valence-corrected chi connectivity index (χ0v) is 31.2. The second kappa shape index (κ2) is 11.4. The maximum absolute atomic E-state index is 6.56. The predicted octanol–water partition coefficient (Wildman–Crippen LogP) is 13.1. The Bertz CT molecular complexity index is 3040. The lowest BCUT2D eigenvalue weighted by Crippen LogP contribution is -2.15. The maximum Gasteiger partial charge on any atom is 0.164 e. The van der Waals surface area contributed by atoms with Crippen molar-refractivity contribution >= 4 is 21.9 Å². The Kier molecular flexibility index (Phi) is 6.61. The van der Waals surface area contributed by atoms with Gasteiger partial charge in [-0.15, -0.1) is 0 Å². The predicted molar refractivity (Wildman–Crippen MR) is 224 cm³/mol. The highest BCUT2D eigenvalue weighted by atomic mass is 16.3. The molecule has 2 aromatic heterocycles. The summed E-state index contributed by atoms with van der Waals surface area (Å²) in [6.07, 6.45) is 0. The molecule has 0 saturated carbocycles. The number of nitrogens with zero attached hydrogens (tertiary/aromatic N) is 3. The zero-order valence-electron chi connectivity index (χ0n) is 31.2. The van der Waals surface area contributed by atoms with E-state index in [1.54, 1.807) is 0 Å². The van der Waals surface area contributed by atoms with E-state index in [2.05, 4.69) is 167 Å². The lowest BCUT2D eigenvalue weighted by Gasteiger charge is -2.22. The van der Waals surface area contributed by atoms with Gasteiger partial charge in [0.25, 0.3) is 0 Å². The lowest BCUT2D eigenvalue weighted by molar-refractivity contribution is 0.660. The first kappa shape index (κ1) is 31.8. The van der Waals surface area contributed by atoms with Crippen molar-refractivity contribution in [1.82, 2.24) is 15.0 Å². The van der Waals surface area contributed by atoms with Crippen LogP contribution in [0, 0.1) is 0 Å². The van der Waals surface area contributed by atoms with Crippen molar-refractivity contribution in [3.63, 3.8) is 0 Å². The van der Waals surface area contributed by atoms with Gasteiger partial charge in [-0.1, -0.05) is 155 Å². The molecule has 0 spiro atoms. The van der Waals surface area contributed by atoms with Crippen LogP contribution in [-0.2, 0) is 10.8 Å². The molecule has 0 atom stereocenters. The standard InChI is InChI=1S/C51H37N3O/c1-50(2)40-21-11-9-17-36(40)45-38(19-12-22-41(45)50)49-53-47(31-24-26-35-34-16-8-10-20-39(34)51(3,4)42(35)28-31)52-48(54-49)32-25-27-37-44(29-32)55-43-23-13-18-33(46(37)43)30-14-6-5-7-15-30/h5-29H,1-4H3. The molecule has 0 radical (unpaired) electrons. The van der Waals surface area contributed by atoms with Crippen molar-refractivity contribution in [1.29, 1.82) is 0 Å². The average molecular weight is 708 g/mol. The van der Waals surface area contributed by atoms with Crippen LogP contribution >= 0.6 is 0 Å². The van der Waals surface area contributed by atoms with Gasteiger partial charge in [-0.05, 0) is 79.9 Å². The summed E-state index contributed by atoms with van der Waals surface area (Å²) in [5.41, 5.74) is 16.7. The summed E-state index contributed by atoms with van der Waals surface area (Å²) >= 11 is 0. The quantitative estimate of drug-likeness (QED) is 0.183. The maximum atomic E-state index is 6.56. The summed E-state index contributed by atoms with van der Waals surface area (Å²) in [6.45, 7) is 9.23. The van der Waals surface area contributed by atoms with E-state index in [1.165, 1.54) is 44.5 Å². The van der Waals surface area contributed by atoms with Crippen LogP contribution in [0.5, 0.6) is 0 Å². The molecule has 4 heteroatoms. The summed E-state index contributed by atoms with van der Waals surface area (Å²) < 4.78 is 6.56. The minimum Gasteiger partial charge on any atom is -0.456 e. The van der Waals surface area contributed by atoms with Gasteiger partial charge >= 0.3 is 0 Å². The first-order valence-corrected chi connectivity index (χ1v) is 19.0. The molecule has 7 aromatic carbocycles. The molecule has 0 unspecified atom stereocenters. The Balaban J connectivity index is 1.13. The number of hydrogen-bond acceptors (Lipinski definition) is 4. The molecule has 2 aliphatic carbocycles. The fourth-order valence-electron chi connectivity index (χ4n) is 9.36. The fraction of sp³-hybridized carbons (Fsp3) is 0.118. The van der Waals surface area contributed by atoms with Gasteiger partial charge < -0.3 is 4.42 Å². The number of benzene rings is 7. The zero-order chi connectivity index (χ0) is 37.1. The topological polar surface area (TPSA) is 51.8 Å². The van der Waals surface area contributed by atoms with E-state index < -0.39 is 0 Å². The third-order valence-corrected chi connectivity index (χ3v) is 12.2. The molecule has 0 fully saturated rings. The largest absolute Gasteiger partial charge is 0.456 e. The first-order valence-electron chi connectivity index (χ1n) is 19.0. The summed E-state index contributed by atoms with van der Waals surface area (Å²) in [5, 5.41) is 2.17. The van der Waals surface area contributed by atoms with Gasteiger partial charge in [0.05, 0.1) is 0 Å². The van der Waals surface area contributed by atoms with E-state index in [4.69, 9.17) is 19.4 Å². The highest BCUT2D eigenvalue weighted by Gasteiger charge is 2.38. The highest BCUT2D eigenvalue weighted by molar-refractivity contribution is 6.13. The molecule has 0 bridgehead atoms. The van der Waals surface area contributed by atoms with Gasteiger partial charge in [0, 0.05) is 38.3 Å². The van der Waals surface area contributed by atoms with Crippen molar-refractivity contribution in [2.24, 2.45) is 0 Å². The average Bonchev–Trinajstić information content (AvgIpc) is 3.80. The van der Waals surface area contributed by atoms with Crippen molar-refractivity contribution in [2.45, 2.75) is 38.5 Å². The number of fused-ring (bicyclic) bond motifs is 9. The Morgan fingerprint density at radius 3 is 1.75 bits per heavy atom. The number of furan rings is 1. The molecule has 0 saturated heterocycles. The molecule has 2 aliphatic rings. The molecular formula is C51H37N3O. The van der Waals surface area contributed by atoms with Gasteiger partial charge in [-0.25, -0.2) is 15.0 Å². The molecule has 55 heavy (non-hydrogen) atoms. The van der Waals surface area contributed by atoms with Gasteiger partial charge in [0.1, 0.15) is 11.2 Å². The smallest absolute Gasteiger partial charge is 0.164 e. The van der Waals surface area contributed by atoms with Crippen LogP contribution in [0.15, 0.2) is 156 Å². The van der Waals surface area contributed by atoms with Crippen LogP contribution in [0.25, 0.3) is 89.5 Å². The van der Waals surface area contributed by atoms with Crippen LogP contribution in [0.3, 0.4) is 0 Å². The van der Waals surface area contributed by atoms with E-state index >= 15 is 0 Å². The Morgan fingerprint density at radius 1 is 0.382 bits per heavy atom. The van der Waals surface area contributed by atoms with Crippen LogP contribution in [0.4, 0.5) is 0 Å². The summed E-state index contributed by atoms with van der Waals surface area (Å²) in [7, 11) is 0. The summed E-state index contributed by atoms with van der Waals surface area (Å²) in [5.74, 6) is 1.91. The number of rotatable bonds is 4. The Labute approximate surface area is 320 Å². The Morgan fingerprint density at radius 2 is 0.945 bits per heavy atom. The minimum absolute atomic E-state index is 0.147. The molecule has 2 heterocycles. The van der Waals surface area contributed by atoms with E-state index in [0.29, 0.717) is 17.5 Å². The fourth-order valence-corrected chi connectivity index (χ4v) is 9.36. The van der Waals surface area contributed by atoms with E-state index in [0.717, 1.165) is 49.8 Å². The van der Waals surface area contributed by atoms with Crippen LogP contribution in [0.1, 0.15) is 49.9 Å². The molecule has 0 aliphatic heterocycles. The van der Waals surface area contributed by atoms with Crippen molar-refractivity contribution in [3.05, 3.63) is 174 Å². The normalized spacial score (nSPS) is 14.5. The van der Waals surface area contributed by atoms with E-state index in [9.17, 15) is 0 Å². The summed E-state index contributed by atoms with van der Waals surface area (Å²) in [4.78, 5) is 15.9. The number of aromatic nitrogens is 3. The molecule has 11 rings (SSSR count). The molecule has 0 amide bonds. The van der Waals surface area contributed by atoms with Crippen LogP contribution < -0.4 is 0 Å². The third-order valence-electron chi connectivity index (χ3n) is 12.2. The van der Waals surface area contributed by atoms with Gasteiger partial charge in [0.2, 0.25) is 0 Å². The van der Waals surface area contributed by atoms with Gasteiger partial charge in [-0.2, -0.15) is 0 Å². The molecule has 262 valence electrons. The van der Waals surface area contributed by atoms with E-state index in [1.807, 2.05) is 12.1 Å². The summed E-state index contributed by atoms with van der Waals surface area (Å²) in [6, 6.07) is 53.9. The van der Waals surface area contributed by atoms with Crippen molar-refractivity contribution < 1.29 is 4.42 Å². The Hall–Kier alpha value is -6.65. The van der Waals surface area contributed by atoms with Crippen molar-refractivity contribution in [2.75, 3.05) is 0 Å². The third kappa shape index (κ3) is 4.61. The van der Waals surface area contributed by atoms with Crippen LogP contribution in [0.2, 0.25) is 0 Å². The number of hydrogen-bond donors (Lipinski definition) is 0.